The standard InChI is InChI=1S/C21H26N2O2S/c1-14-6-11-18(15(2)12-14)22-20(26)23-19(24)13-25-17-9-7-16(8-10-17)21(3,4)5/h6-12H,13H2,1-5H3,(H2,22,23,24,26). The summed E-state index contributed by atoms with van der Waals surface area (Å²) in [4.78, 5) is 12.0. The van der Waals surface area contributed by atoms with Crippen molar-refractivity contribution in [2.45, 2.75) is 40.0 Å². The summed E-state index contributed by atoms with van der Waals surface area (Å²) in [5.41, 5.74) is 4.42. The minimum Gasteiger partial charge on any atom is -0.484 e. The van der Waals surface area contributed by atoms with E-state index in [0.717, 1.165) is 11.3 Å². The van der Waals surface area contributed by atoms with Crippen LogP contribution in [-0.4, -0.2) is 17.6 Å². The lowest BCUT2D eigenvalue weighted by Gasteiger charge is -2.19. The molecule has 0 bridgehead atoms. The van der Waals surface area contributed by atoms with Gasteiger partial charge >= 0.3 is 0 Å². The highest BCUT2D eigenvalue weighted by Gasteiger charge is 2.13. The Balaban J connectivity index is 1.83. The van der Waals surface area contributed by atoms with Crippen LogP contribution >= 0.6 is 12.2 Å². The molecular formula is C21H26N2O2S. The van der Waals surface area contributed by atoms with Crippen molar-refractivity contribution in [1.82, 2.24) is 5.32 Å². The topological polar surface area (TPSA) is 50.4 Å². The van der Waals surface area contributed by atoms with Gasteiger partial charge in [-0.1, -0.05) is 50.6 Å². The van der Waals surface area contributed by atoms with Gasteiger partial charge in [-0.15, -0.1) is 0 Å². The number of amides is 1. The Morgan fingerprint density at radius 3 is 2.31 bits per heavy atom. The lowest BCUT2D eigenvalue weighted by molar-refractivity contribution is -0.121. The normalized spacial score (nSPS) is 11.0. The third kappa shape index (κ3) is 5.85. The highest BCUT2D eigenvalue weighted by molar-refractivity contribution is 7.80. The summed E-state index contributed by atoms with van der Waals surface area (Å²) in [6, 6.07) is 13.8. The molecule has 0 radical (unpaired) electrons. The van der Waals surface area contributed by atoms with Crippen molar-refractivity contribution in [3.05, 3.63) is 59.2 Å². The van der Waals surface area contributed by atoms with Crippen molar-refractivity contribution in [2.24, 2.45) is 0 Å². The van der Waals surface area contributed by atoms with E-state index in [4.69, 9.17) is 17.0 Å². The number of nitrogens with one attached hydrogen (secondary N) is 2. The SMILES string of the molecule is Cc1ccc(NC(=S)NC(=O)COc2ccc(C(C)(C)C)cc2)c(C)c1. The Hall–Kier alpha value is -2.40. The number of hydrogen-bond donors (Lipinski definition) is 2. The van der Waals surface area contributed by atoms with E-state index in [9.17, 15) is 4.79 Å². The Morgan fingerprint density at radius 1 is 1.08 bits per heavy atom. The molecule has 4 nitrogen and oxygen atoms in total. The van der Waals surface area contributed by atoms with Crippen molar-refractivity contribution < 1.29 is 9.53 Å². The number of benzene rings is 2. The number of carbonyl (C=O) groups excluding carboxylic acids is 1. The van der Waals surface area contributed by atoms with Crippen LogP contribution in [0, 0.1) is 13.8 Å². The minimum absolute atomic E-state index is 0.0852. The van der Waals surface area contributed by atoms with Crippen LogP contribution in [-0.2, 0) is 10.2 Å². The van der Waals surface area contributed by atoms with E-state index >= 15 is 0 Å². The molecule has 0 spiro atoms. The molecule has 2 aromatic carbocycles. The first kappa shape index (κ1) is 19.9. The lowest BCUT2D eigenvalue weighted by atomic mass is 9.87. The van der Waals surface area contributed by atoms with Crippen LogP contribution in [0.4, 0.5) is 5.69 Å². The van der Waals surface area contributed by atoms with Crippen LogP contribution in [0.15, 0.2) is 42.5 Å². The molecule has 0 atom stereocenters. The molecule has 138 valence electrons. The highest BCUT2D eigenvalue weighted by Crippen LogP contribution is 2.24. The molecular weight excluding hydrogens is 344 g/mol. The second-order valence-corrected chi connectivity index (χ2v) is 7.79. The molecule has 2 rings (SSSR count). The van der Waals surface area contributed by atoms with Gasteiger partial charge in [-0.05, 0) is 60.8 Å². The minimum atomic E-state index is -0.299. The van der Waals surface area contributed by atoms with Gasteiger partial charge in [0.25, 0.3) is 5.91 Å². The lowest BCUT2D eigenvalue weighted by Crippen LogP contribution is -2.37. The van der Waals surface area contributed by atoms with Crippen molar-refractivity contribution >= 4 is 28.9 Å². The summed E-state index contributed by atoms with van der Waals surface area (Å²) in [6.45, 7) is 10.4. The van der Waals surface area contributed by atoms with Crippen LogP contribution in [0.1, 0.15) is 37.5 Å². The van der Waals surface area contributed by atoms with E-state index in [1.165, 1.54) is 11.1 Å². The Bertz CT molecular complexity index is 793. The maximum atomic E-state index is 12.0. The van der Waals surface area contributed by atoms with E-state index in [1.54, 1.807) is 0 Å². The van der Waals surface area contributed by atoms with Gasteiger partial charge < -0.3 is 10.1 Å². The van der Waals surface area contributed by atoms with E-state index < -0.39 is 0 Å². The van der Waals surface area contributed by atoms with Crippen LogP contribution in [0.2, 0.25) is 0 Å². The van der Waals surface area contributed by atoms with E-state index in [0.29, 0.717) is 5.75 Å². The average Bonchev–Trinajstić information content (AvgIpc) is 2.55. The molecule has 1 amide bonds. The Kier molecular flexibility index (Phi) is 6.37. The van der Waals surface area contributed by atoms with Gasteiger partial charge in [0.2, 0.25) is 0 Å². The summed E-state index contributed by atoms with van der Waals surface area (Å²) in [5.74, 6) is 0.355. The van der Waals surface area contributed by atoms with Crippen molar-refractivity contribution in [3.63, 3.8) is 0 Å². The molecule has 0 aliphatic heterocycles. The molecule has 2 N–H and O–H groups in total. The summed E-state index contributed by atoms with van der Waals surface area (Å²) < 4.78 is 5.53. The van der Waals surface area contributed by atoms with Crippen LogP contribution < -0.4 is 15.4 Å². The molecule has 26 heavy (non-hydrogen) atoms. The zero-order valence-corrected chi connectivity index (χ0v) is 16.8. The Labute approximate surface area is 161 Å². The van der Waals surface area contributed by atoms with Crippen LogP contribution in [0.25, 0.3) is 0 Å². The number of carbonyl (C=O) groups is 1. The molecule has 5 heteroatoms. The van der Waals surface area contributed by atoms with Crippen LogP contribution in [0.3, 0.4) is 0 Å². The smallest absolute Gasteiger partial charge is 0.264 e. The maximum absolute atomic E-state index is 12.0. The molecule has 0 fully saturated rings. The quantitative estimate of drug-likeness (QED) is 0.779. The molecule has 0 aliphatic carbocycles. The van der Waals surface area contributed by atoms with E-state index in [-0.39, 0.29) is 23.0 Å². The van der Waals surface area contributed by atoms with Gasteiger partial charge in [-0.25, -0.2) is 0 Å². The van der Waals surface area contributed by atoms with Crippen molar-refractivity contribution in [3.8, 4) is 5.75 Å². The second-order valence-electron chi connectivity index (χ2n) is 7.38. The van der Waals surface area contributed by atoms with Crippen molar-refractivity contribution in [1.29, 1.82) is 0 Å². The zero-order chi connectivity index (χ0) is 19.3. The fraction of sp³-hybridized carbons (Fsp3) is 0.333. The molecule has 0 unspecified atom stereocenters. The van der Waals surface area contributed by atoms with E-state index in [1.807, 2.05) is 50.2 Å². The molecule has 0 aliphatic rings. The molecule has 0 saturated carbocycles. The average molecular weight is 371 g/mol. The van der Waals surface area contributed by atoms with Gasteiger partial charge in [0, 0.05) is 5.69 Å². The molecule has 0 aromatic heterocycles. The van der Waals surface area contributed by atoms with Gasteiger partial charge in [0.05, 0.1) is 0 Å². The first-order chi connectivity index (χ1) is 12.1. The first-order valence-electron chi connectivity index (χ1n) is 8.56. The number of hydrogen-bond acceptors (Lipinski definition) is 3. The first-order valence-corrected chi connectivity index (χ1v) is 8.97. The number of thiocarbonyl (C=S) groups is 1. The predicted octanol–water partition coefficient (Wildman–Crippen LogP) is 4.49. The number of aryl methyl sites for hydroxylation is 2. The van der Waals surface area contributed by atoms with Gasteiger partial charge in [0.15, 0.2) is 11.7 Å². The zero-order valence-electron chi connectivity index (χ0n) is 16.0. The summed E-state index contributed by atoms with van der Waals surface area (Å²) in [6.07, 6.45) is 0. The fourth-order valence-electron chi connectivity index (χ4n) is 2.47. The maximum Gasteiger partial charge on any atom is 0.264 e. The Morgan fingerprint density at radius 2 is 1.73 bits per heavy atom. The summed E-state index contributed by atoms with van der Waals surface area (Å²) >= 11 is 5.20. The highest BCUT2D eigenvalue weighted by atomic mass is 32.1. The molecule has 2 aromatic rings. The second kappa shape index (κ2) is 8.32. The molecule has 0 heterocycles. The number of rotatable bonds is 4. The monoisotopic (exact) mass is 370 g/mol. The largest absolute Gasteiger partial charge is 0.484 e. The third-order valence-corrected chi connectivity index (χ3v) is 4.18. The predicted molar refractivity (Wildman–Crippen MR) is 111 cm³/mol. The van der Waals surface area contributed by atoms with Gasteiger partial charge in [0.1, 0.15) is 5.75 Å². The van der Waals surface area contributed by atoms with Gasteiger partial charge in [-0.3, -0.25) is 10.1 Å². The van der Waals surface area contributed by atoms with Crippen molar-refractivity contribution in [2.75, 3.05) is 11.9 Å². The third-order valence-electron chi connectivity index (χ3n) is 3.97. The van der Waals surface area contributed by atoms with Crippen LogP contribution in [0.5, 0.6) is 5.75 Å². The fourth-order valence-corrected chi connectivity index (χ4v) is 2.69. The molecule has 0 saturated heterocycles. The number of ether oxygens (including phenoxy) is 1. The number of anilines is 1. The van der Waals surface area contributed by atoms with E-state index in [2.05, 4.69) is 37.5 Å². The van der Waals surface area contributed by atoms with Gasteiger partial charge in [-0.2, -0.15) is 0 Å². The summed E-state index contributed by atoms with van der Waals surface area (Å²) in [5, 5.41) is 5.93. The summed E-state index contributed by atoms with van der Waals surface area (Å²) in [7, 11) is 0.